The lowest BCUT2D eigenvalue weighted by molar-refractivity contribution is -0.117. The summed E-state index contributed by atoms with van der Waals surface area (Å²) in [5, 5.41) is 3.17. The molecule has 0 bridgehead atoms. The van der Waals surface area contributed by atoms with Crippen LogP contribution in [0, 0.1) is 20.8 Å². The molecule has 3 heteroatoms. The van der Waals surface area contributed by atoms with E-state index in [1.165, 1.54) is 5.56 Å². The largest absolute Gasteiger partial charge is 0.360 e. The molecule has 0 radical (unpaired) electrons. The van der Waals surface area contributed by atoms with Crippen LogP contribution in [-0.2, 0) is 4.79 Å². The highest BCUT2D eigenvalue weighted by molar-refractivity contribution is 5.98. The Morgan fingerprint density at radius 1 is 1.09 bits per heavy atom. The summed E-state index contributed by atoms with van der Waals surface area (Å²) in [6.07, 6.45) is 1.96. The molecule has 0 saturated carbocycles. The van der Waals surface area contributed by atoms with Gasteiger partial charge in [0, 0.05) is 17.9 Å². The van der Waals surface area contributed by atoms with Crippen molar-refractivity contribution in [3.8, 4) is 0 Å². The fourth-order valence-electron chi connectivity index (χ4n) is 3.55. The Balaban J connectivity index is 1.81. The van der Waals surface area contributed by atoms with Crippen molar-refractivity contribution in [1.82, 2.24) is 0 Å². The van der Waals surface area contributed by atoms with Crippen LogP contribution in [0.15, 0.2) is 42.5 Å². The number of carbonyl (C=O) groups is 1. The summed E-state index contributed by atoms with van der Waals surface area (Å²) in [7, 11) is 0. The van der Waals surface area contributed by atoms with Crippen molar-refractivity contribution < 1.29 is 4.79 Å². The van der Waals surface area contributed by atoms with Crippen molar-refractivity contribution in [3.05, 3.63) is 59.2 Å². The second-order valence-corrected chi connectivity index (χ2v) is 6.45. The number of carbonyl (C=O) groups excluding carboxylic acids is 1. The van der Waals surface area contributed by atoms with Gasteiger partial charge in [-0.3, -0.25) is 4.79 Å². The van der Waals surface area contributed by atoms with Gasteiger partial charge in [0.2, 0.25) is 5.91 Å². The summed E-state index contributed by atoms with van der Waals surface area (Å²) >= 11 is 0. The zero-order chi connectivity index (χ0) is 16.4. The van der Waals surface area contributed by atoms with Crippen LogP contribution in [-0.4, -0.2) is 18.5 Å². The van der Waals surface area contributed by atoms with Gasteiger partial charge in [-0.05, 0) is 56.9 Å². The quantitative estimate of drug-likeness (QED) is 0.921. The van der Waals surface area contributed by atoms with Gasteiger partial charge >= 0.3 is 0 Å². The van der Waals surface area contributed by atoms with E-state index in [0.717, 1.165) is 41.9 Å². The lowest BCUT2D eigenvalue weighted by Crippen LogP contribution is -2.40. The molecule has 3 nitrogen and oxygen atoms in total. The van der Waals surface area contributed by atoms with E-state index in [9.17, 15) is 4.79 Å². The number of hydrogen-bond acceptors (Lipinski definition) is 2. The highest BCUT2D eigenvalue weighted by Crippen LogP contribution is 2.28. The number of aryl methyl sites for hydroxylation is 3. The zero-order valence-corrected chi connectivity index (χ0v) is 14.1. The topological polar surface area (TPSA) is 32.3 Å². The van der Waals surface area contributed by atoms with Crippen LogP contribution in [0.1, 0.15) is 29.5 Å². The van der Waals surface area contributed by atoms with Gasteiger partial charge in [-0.2, -0.15) is 0 Å². The Labute approximate surface area is 138 Å². The maximum Gasteiger partial charge on any atom is 0.247 e. The van der Waals surface area contributed by atoms with Crippen molar-refractivity contribution >= 4 is 17.3 Å². The van der Waals surface area contributed by atoms with Crippen LogP contribution in [0.4, 0.5) is 11.4 Å². The first-order valence-corrected chi connectivity index (χ1v) is 8.26. The molecule has 2 aromatic carbocycles. The maximum atomic E-state index is 12.8. The van der Waals surface area contributed by atoms with Gasteiger partial charge in [0.25, 0.3) is 0 Å². The van der Waals surface area contributed by atoms with Gasteiger partial charge in [-0.25, -0.2) is 0 Å². The van der Waals surface area contributed by atoms with E-state index in [2.05, 4.69) is 55.3 Å². The lowest BCUT2D eigenvalue weighted by Gasteiger charge is -2.26. The molecular weight excluding hydrogens is 284 g/mol. The minimum Gasteiger partial charge on any atom is -0.360 e. The Hall–Kier alpha value is -2.29. The van der Waals surface area contributed by atoms with Crippen LogP contribution >= 0.6 is 0 Å². The number of nitrogens with zero attached hydrogens (tertiary/aromatic N) is 1. The van der Waals surface area contributed by atoms with Crippen molar-refractivity contribution in [1.29, 1.82) is 0 Å². The van der Waals surface area contributed by atoms with Gasteiger partial charge in [-0.1, -0.05) is 35.9 Å². The van der Waals surface area contributed by atoms with Gasteiger partial charge in [0.1, 0.15) is 6.04 Å². The molecule has 1 fully saturated rings. The van der Waals surface area contributed by atoms with E-state index in [1.54, 1.807) is 0 Å². The van der Waals surface area contributed by atoms with Gasteiger partial charge < -0.3 is 10.2 Å². The number of nitrogens with one attached hydrogen (secondary N) is 1. The van der Waals surface area contributed by atoms with Crippen LogP contribution in [0.5, 0.6) is 0 Å². The minimum absolute atomic E-state index is 0.0856. The molecule has 1 aliphatic rings. The van der Waals surface area contributed by atoms with Crippen LogP contribution in [0.3, 0.4) is 0 Å². The molecule has 1 unspecified atom stereocenters. The van der Waals surface area contributed by atoms with Crippen molar-refractivity contribution in [2.24, 2.45) is 0 Å². The number of anilines is 2. The monoisotopic (exact) mass is 308 g/mol. The molecule has 23 heavy (non-hydrogen) atoms. The Morgan fingerprint density at radius 3 is 2.39 bits per heavy atom. The summed E-state index contributed by atoms with van der Waals surface area (Å²) in [5.41, 5.74) is 5.56. The first-order valence-electron chi connectivity index (χ1n) is 8.26. The Morgan fingerprint density at radius 2 is 1.74 bits per heavy atom. The van der Waals surface area contributed by atoms with Crippen molar-refractivity contribution in [3.63, 3.8) is 0 Å². The SMILES string of the molecule is Cc1cc(C)c(NC(=O)C2CCCN2c2ccccc2)c(C)c1. The molecule has 3 rings (SSSR count). The van der Waals surface area contributed by atoms with Crippen LogP contribution in [0.25, 0.3) is 0 Å². The predicted molar refractivity (Wildman–Crippen MR) is 96.1 cm³/mol. The van der Waals surface area contributed by atoms with E-state index in [0.29, 0.717) is 0 Å². The fraction of sp³-hybridized carbons (Fsp3) is 0.350. The van der Waals surface area contributed by atoms with E-state index in [4.69, 9.17) is 0 Å². The first kappa shape index (κ1) is 15.6. The number of benzene rings is 2. The average Bonchev–Trinajstić information content (AvgIpc) is 3.01. The Bertz CT molecular complexity index is 686. The van der Waals surface area contributed by atoms with Gasteiger partial charge in [-0.15, -0.1) is 0 Å². The van der Waals surface area contributed by atoms with E-state index in [-0.39, 0.29) is 11.9 Å². The summed E-state index contributed by atoms with van der Waals surface area (Å²) < 4.78 is 0. The standard InChI is InChI=1S/C20H24N2O/c1-14-12-15(2)19(16(3)13-14)21-20(23)18-10-7-11-22(18)17-8-5-4-6-9-17/h4-6,8-9,12-13,18H,7,10-11H2,1-3H3,(H,21,23). The van der Waals surface area contributed by atoms with E-state index >= 15 is 0 Å². The second-order valence-electron chi connectivity index (χ2n) is 6.45. The minimum atomic E-state index is -0.0856. The molecule has 1 aliphatic heterocycles. The van der Waals surface area contributed by atoms with Gasteiger partial charge in [0.05, 0.1) is 0 Å². The molecule has 2 aromatic rings. The maximum absolute atomic E-state index is 12.8. The third-order valence-corrected chi connectivity index (χ3v) is 4.57. The van der Waals surface area contributed by atoms with Gasteiger partial charge in [0.15, 0.2) is 0 Å². The third-order valence-electron chi connectivity index (χ3n) is 4.57. The number of hydrogen-bond donors (Lipinski definition) is 1. The molecule has 1 atom stereocenters. The second kappa shape index (κ2) is 6.45. The lowest BCUT2D eigenvalue weighted by atomic mass is 10.0. The Kier molecular flexibility index (Phi) is 4.37. The normalized spacial score (nSPS) is 17.3. The first-order chi connectivity index (χ1) is 11.1. The summed E-state index contributed by atoms with van der Waals surface area (Å²) in [4.78, 5) is 15.1. The molecule has 0 aromatic heterocycles. The van der Waals surface area contributed by atoms with Crippen LogP contribution < -0.4 is 10.2 Å². The van der Waals surface area contributed by atoms with Crippen molar-refractivity contribution in [2.45, 2.75) is 39.7 Å². The summed E-state index contributed by atoms with van der Waals surface area (Å²) in [5.74, 6) is 0.0985. The zero-order valence-electron chi connectivity index (χ0n) is 14.1. The molecule has 1 amide bonds. The molecule has 0 spiro atoms. The van der Waals surface area contributed by atoms with Crippen LogP contribution in [0.2, 0.25) is 0 Å². The highest BCUT2D eigenvalue weighted by Gasteiger charge is 2.31. The number of rotatable bonds is 3. The fourth-order valence-corrected chi connectivity index (χ4v) is 3.55. The molecule has 1 saturated heterocycles. The predicted octanol–water partition coefficient (Wildman–Crippen LogP) is 4.22. The molecule has 1 heterocycles. The number of amides is 1. The summed E-state index contributed by atoms with van der Waals surface area (Å²) in [6.45, 7) is 7.13. The average molecular weight is 308 g/mol. The summed E-state index contributed by atoms with van der Waals surface area (Å²) in [6, 6.07) is 14.4. The van der Waals surface area contributed by atoms with E-state index in [1.807, 2.05) is 18.2 Å². The molecule has 1 N–H and O–H groups in total. The molecular formula is C20H24N2O. The van der Waals surface area contributed by atoms with Crippen molar-refractivity contribution in [2.75, 3.05) is 16.8 Å². The highest BCUT2D eigenvalue weighted by atomic mass is 16.2. The molecule has 120 valence electrons. The molecule has 0 aliphatic carbocycles. The smallest absolute Gasteiger partial charge is 0.247 e. The third kappa shape index (κ3) is 3.24. The van der Waals surface area contributed by atoms with E-state index < -0.39 is 0 Å². The number of para-hydroxylation sites is 1.